The first-order valence-corrected chi connectivity index (χ1v) is 7.64. The third-order valence-corrected chi connectivity index (χ3v) is 3.73. The Kier molecular flexibility index (Phi) is 3.93. The fourth-order valence-electron chi connectivity index (χ4n) is 2.59. The van der Waals surface area contributed by atoms with E-state index in [9.17, 15) is 0 Å². The van der Waals surface area contributed by atoms with Crippen LogP contribution in [-0.2, 0) is 13.0 Å². The van der Waals surface area contributed by atoms with Crippen LogP contribution in [-0.4, -0.2) is 20.4 Å². The Morgan fingerprint density at radius 3 is 2.76 bits per heavy atom. The molecule has 4 heteroatoms. The standard InChI is InChI=1S/C17H18ClN3/c1-12-4-3-5-14(8-12)11-21-16(6-7-18)20-15-9-13(2)10-19-17(15)21/h3-5,8-10H,6-7,11H2,1-2H3. The van der Waals surface area contributed by atoms with Gasteiger partial charge in [-0.1, -0.05) is 29.8 Å². The zero-order valence-corrected chi connectivity index (χ0v) is 13.1. The second kappa shape index (κ2) is 5.86. The molecule has 3 aromatic rings. The van der Waals surface area contributed by atoms with E-state index >= 15 is 0 Å². The summed E-state index contributed by atoms with van der Waals surface area (Å²) >= 11 is 5.92. The smallest absolute Gasteiger partial charge is 0.160 e. The number of imidazole rings is 1. The molecule has 0 amide bonds. The molecule has 0 atom stereocenters. The summed E-state index contributed by atoms with van der Waals surface area (Å²) in [6.07, 6.45) is 2.64. The lowest BCUT2D eigenvalue weighted by molar-refractivity contribution is 0.747. The predicted molar refractivity (Wildman–Crippen MR) is 87.0 cm³/mol. The molecule has 0 bridgehead atoms. The van der Waals surface area contributed by atoms with Crippen molar-refractivity contribution in [1.29, 1.82) is 0 Å². The van der Waals surface area contributed by atoms with Crippen molar-refractivity contribution in [3.8, 4) is 0 Å². The summed E-state index contributed by atoms with van der Waals surface area (Å²) in [7, 11) is 0. The molecule has 0 N–H and O–H groups in total. The van der Waals surface area contributed by atoms with Crippen LogP contribution in [0.25, 0.3) is 11.2 Å². The third kappa shape index (κ3) is 2.93. The summed E-state index contributed by atoms with van der Waals surface area (Å²) in [5, 5.41) is 0. The molecule has 0 unspecified atom stereocenters. The number of fused-ring (bicyclic) bond motifs is 1. The Morgan fingerprint density at radius 1 is 1.14 bits per heavy atom. The molecule has 2 heterocycles. The van der Waals surface area contributed by atoms with Crippen molar-refractivity contribution in [3.63, 3.8) is 0 Å². The first kappa shape index (κ1) is 14.1. The second-order valence-electron chi connectivity index (χ2n) is 5.40. The van der Waals surface area contributed by atoms with Crippen LogP contribution in [0.1, 0.15) is 22.5 Å². The zero-order valence-electron chi connectivity index (χ0n) is 12.3. The van der Waals surface area contributed by atoms with Gasteiger partial charge in [-0.2, -0.15) is 0 Å². The molecule has 0 saturated carbocycles. The van der Waals surface area contributed by atoms with Crippen molar-refractivity contribution in [1.82, 2.24) is 14.5 Å². The van der Waals surface area contributed by atoms with Crippen LogP contribution in [0.3, 0.4) is 0 Å². The molecule has 21 heavy (non-hydrogen) atoms. The van der Waals surface area contributed by atoms with E-state index < -0.39 is 0 Å². The Bertz CT molecular complexity index is 777. The minimum Gasteiger partial charge on any atom is -0.308 e. The molecule has 0 fully saturated rings. The van der Waals surface area contributed by atoms with Crippen LogP contribution in [0.2, 0.25) is 0 Å². The highest BCUT2D eigenvalue weighted by atomic mass is 35.5. The van der Waals surface area contributed by atoms with Gasteiger partial charge >= 0.3 is 0 Å². The summed E-state index contributed by atoms with van der Waals surface area (Å²) < 4.78 is 2.17. The number of nitrogens with zero attached hydrogens (tertiary/aromatic N) is 3. The molecule has 1 aromatic carbocycles. The topological polar surface area (TPSA) is 30.7 Å². The molecule has 0 radical (unpaired) electrons. The molecule has 2 aromatic heterocycles. The molecular formula is C17H18ClN3. The fourth-order valence-corrected chi connectivity index (χ4v) is 2.76. The fraction of sp³-hybridized carbons (Fsp3) is 0.294. The van der Waals surface area contributed by atoms with Crippen LogP contribution >= 0.6 is 11.6 Å². The average molecular weight is 300 g/mol. The number of aryl methyl sites for hydroxylation is 3. The molecule has 0 aliphatic rings. The Balaban J connectivity index is 2.08. The van der Waals surface area contributed by atoms with E-state index in [1.807, 2.05) is 13.1 Å². The van der Waals surface area contributed by atoms with Crippen molar-refractivity contribution >= 4 is 22.8 Å². The largest absolute Gasteiger partial charge is 0.308 e. The second-order valence-corrected chi connectivity index (χ2v) is 5.78. The Morgan fingerprint density at radius 2 is 2.00 bits per heavy atom. The van der Waals surface area contributed by atoms with E-state index in [0.29, 0.717) is 5.88 Å². The van der Waals surface area contributed by atoms with Crippen LogP contribution < -0.4 is 0 Å². The van der Waals surface area contributed by atoms with E-state index in [1.54, 1.807) is 0 Å². The van der Waals surface area contributed by atoms with Crippen LogP contribution in [0.5, 0.6) is 0 Å². The van der Waals surface area contributed by atoms with E-state index in [2.05, 4.69) is 46.8 Å². The molecule has 108 valence electrons. The summed E-state index contributed by atoms with van der Waals surface area (Å²) in [5.74, 6) is 1.57. The van der Waals surface area contributed by atoms with Crippen LogP contribution in [0.4, 0.5) is 0 Å². The number of hydrogen-bond donors (Lipinski definition) is 0. The van der Waals surface area contributed by atoms with Gasteiger partial charge in [-0.05, 0) is 31.0 Å². The summed E-state index contributed by atoms with van der Waals surface area (Å²) in [6, 6.07) is 10.6. The van der Waals surface area contributed by atoms with Gasteiger partial charge in [-0.3, -0.25) is 0 Å². The molecule has 3 rings (SSSR count). The summed E-state index contributed by atoms with van der Waals surface area (Å²) in [4.78, 5) is 9.26. The van der Waals surface area contributed by atoms with Gasteiger partial charge < -0.3 is 4.57 Å². The van der Waals surface area contributed by atoms with E-state index in [0.717, 1.165) is 35.5 Å². The lowest BCUT2D eigenvalue weighted by Crippen LogP contribution is -2.06. The minimum absolute atomic E-state index is 0.566. The zero-order chi connectivity index (χ0) is 14.8. The number of halogens is 1. The van der Waals surface area contributed by atoms with Gasteiger partial charge in [-0.25, -0.2) is 9.97 Å². The van der Waals surface area contributed by atoms with Crippen molar-refractivity contribution in [2.75, 3.05) is 5.88 Å². The molecule has 0 saturated heterocycles. The maximum atomic E-state index is 5.92. The molecular weight excluding hydrogens is 282 g/mol. The number of aromatic nitrogens is 3. The van der Waals surface area contributed by atoms with Crippen molar-refractivity contribution in [3.05, 3.63) is 59.0 Å². The van der Waals surface area contributed by atoms with Gasteiger partial charge in [0.2, 0.25) is 0 Å². The highest BCUT2D eigenvalue weighted by molar-refractivity contribution is 6.17. The summed E-state index contributed by atoms with van der Waals surface area (Å²) in [6.45, 7) is 4.92. The molecule has 3 nitrogen and oxygen atoms in total. The third-order valence-electron chi connectivity index (χ3n) is 3.54. The highest BCUT2D eigenvalue weighted by Gasteiger charge is 2.12. The average Bonchev–Trinajstić information content (AvgIpc) is 2.76. The van der Waals surface area contributed by atoms with E-state index in [-0.39, 0.29) is 0 Å². The van der Waals surface area contributed by atoms with Gasteiger partial charge in [0.15, 0.2) is 5.65 Å². The molecule has 0 aliphatic carbocycles. The predicted octanol–water partition coefficient (Wildman–Crippen LogP) is 3.88. The Labute approximate surface area is 129 Å². The Hall–Kier alpha value is -1.87. The maximum Gasteiger partial charge on any atom is 0.160 e. The van der Waals surface area contributed by atoms with Crippen LogP contribution in [0, 0.1) is 13.8 Å². The van der Waals surface area contributed by atoms with Crippen LogP contribution in [0.15, 0.2) is 36.5 Å². The molecule has 0 aliphatic heterocycles. The lowest BCUT2D eigenvalue weighted by Gasteiger charge is -2.09. The van der Waals surface area contributed by atoms with Gasteiger partial charge in [-0.15, -0.1) is 11.6 Å². The van der Waals surface area contributed by atoms with Gasteiger partial charge in [0.25, 0.3) is 0 Å². The lowest BCUT2D eigenvalue weighted by atomic mass is 10.1. The van der Waals surface area contributed by atoms with E-state index in [1.165, 1.54) is 11.1 Å². The van der Waals surface area contributed by atoms with Gasteiger partial charge in [0, 0.05) is 18.5 Å². The van der Waals surface area contributed by atoms with Gasteiger partial charge in [0.1, 0.15) is 11.3 Å². The number of hydrogen-bond acceptors (Lipinski definition) is 2. The number of benzene rings is 1. The first-order valence-electron chi connectivity index (χ1n) is 7.10. The SMILES string of the molecule is Cc1cccc(Cn2c(CCCl)nc3cc(C)cnc32)c1. The van der Waals surface area contributed by atoms with Crippen molar-refractivity contribution < 1.29 is 0 Å². The quantitative estimate of drug-likeness (QED) is 0.685. The van der Waals surface area contributed by atoms with Gasteiger partial charge in [0.05, 0.1) is 6.54 Å². The normalized spacial score (nSPS) is 11.2. The number of rotatable bonds is 4. The summed E-state index contributed by atoms with van der Waals surface area (Å²) in [5.41, 5.74) is 5.53. The maximum absolute atomic E-state index is 5.92. The first-order chi connectivity index (χ1) is 10.2. The highest BCUT2D eigenvalue weighted by Crippen LogP contribution is 2.18. The van der Waals surface area contributed by atoms with Crippen molar-refractivity contribution in [2.45, 2.75) is 26.8 Å². The monoisotopic (exact) mass is 299 g/mol. The number of alkyl halides is 1. The molecule has 0 spiro atoms. The minimum atomic E-state index is 0.566. The van der Waals surface area contributed by atoms with E-state index in [4.69, 9.17) is 16.6 Å². The van der Waals surface area contributed by atoms with Crippen molar-refractivity contribution in [2.24, 2.45) is 0 Å². The number of pyridine rings is 1.